The molecule has 0 unspecified atom stereocenters. The number of sulfonamides is 1. The number of H-pyrrole nitrogens is 1. The highest BCUT2D eigenvalue weighted by Crippen LogP contribution is 2.18. The lowest BCUT2D eigenvalue weighted by molar-refractivity contribution is 0.578. The van der Waals surface area contributed by atoms with Gasteiger partial charge in [0.1, 0.15) is 12.2 Å². The summed E-state index contributed by atoms with van der Waals surface area (Å²) in [5, 5.41) is 6.27. The van der Waals surface area contributed by atoms with Crippen LogP contribution in [0.3, 0.4) is 0 Å². The fourth-order valence-electron chi connectivity index (χ4n) is 1.83. The lowest BCUT2D eigenvalue weighted by Gasteiger charge is -2.11. The van der Waals surface area contributed by atoms with Crippen LogP contribution in [0, 0.1) is 0 Å². The molecule has 8 heteroatoms. The third kappa shape index (κ3) is 3.21. The van der Waals surface area contributed by atoms with E-state index in [0.717, 1.165) is 11.1 Å². The molecule has 20 heavy (non-hydrogen) atoms. The topological polar surface area (TPSA) is 114 Å². The first-order valence-corrected chi connectivity index (χ1v) is 7.71. The van der Waals surface area contributed by atoms with Gasteiger partial charge in [0.05, 0.1) is 11.4 Å². The highest BCUT2D eigenvalue weighted by atomic mass is 32.2. The van der Waals surface area contributed by atoms with Gasteiger partial charge >= 0.3 is 0 Å². The van der Waals surface area contributed by atoms with E-state index in [2.05, 4.69) is 19.9 Å². The number of hydrogen-bond acceptors (Lipinski definition) is 5. The van der Waals surface area contributed by atoms with Gasteiger partial charge in [0.2, 0.25) is 10.0 Å². The summed E-state index contributed by atoms with van der Waals surface area (Å²) in [6, 6.07) is 5.25. The molecule has 0 saturated carbocycles. The van der Waals surface area contributed by atoms with Gasteiger partial charge in [-0.15, -0.1) is 0 Å². The van der Waals surface area contributed by atoms with Gasteiger partial charge in [-0.1, -0.05) is 19.1 Å². The molecule has 2 aromatic rings. The molecule has 4 N–H and O–H groups in total. The lowest BCUT2D eigenvalue weighted by Crippen LogP contribution is -2.25. The van der Waals surface area contributed by atoms with Crippen molar-refractivity contribution in [1.82, 2.24) is 19.9 Å². The van der Waals surface area contributed by atoms with Gasteiger partial charge in [-0.2, -0.15) is 5.10 Å². The van der Waals surface area contributed by atoms with E-state index in [1.165, 1.54) is 6.33 Å². The fraction of sp³-hybridized carbons (Fsp3) is 0.333. The lowest BCUT2D eigenvalue weighted by atomic mass is 10.1. The Morgan fingerprint density at radius 1 is 1.40 bits per heavy atom. The summed E-state index contributed by atoms with van der Waals surface area (Å²) in [5.41, 5.74) is 7.10. The Morgan fingerprint density at radius 3 is 2.80 bits per heavy atom. The molecule has 0 atom stereocenters. The molecule has 0 amide bonds. The molecule has 0 aliphatic carbocycles. The molecule has 0 fully saturated rings. The van der Waals surface area contributed by atoms with Crippen molar-refractivity contribution < 1.29 is 8.42 Å². The molecule has 7 nitrogen and oxygen atoms in total. The predicted octanol–water partition coefficient (Wildman–Crippen LogP) is 0.304. The van der Waals surface area contributed by atoms with Crippen molar-refractivity contribution in [2.75, 3.05) is 0 Å². The van der Waals surface area contributed by atoms with Crippen molar-refractivity contribution in [3.8, 4) is 0 Å². The second-order valence-electron chi connectivity index (χ2n) is 4.26. The number of nitrogens with two attached hydrogens (primary N) is 1. The Labute approximate surface area is 117 Å². The normalized spacial score (nSPS) is 11.7. The van der Waals surface area contributed by atoms with E-state index in [4.69, 9.17) is 5.73 Å². The minimum absolute atomic E-state index is 0.0678. The van der Waals surface area contributed by atoms with Crippen molar-refractivity contribution >= 4 is 10.0 Å². The van der Waals surface area contributed by atoms with Crippen molar-refractivity contribution in [3.05, 3.63) is 41.5 Å². The third-order valence-corrected chi connectivity index (χ3v) is 4.42. The molecular formula is C12H17N5O2S. The summed E-state index contributed by atoms with van der Waals surface area (Å²) < 4.78 is 27.2. The Hall–Kier alpha value is -1.77. The number of aromatic nitrogens is 3. The number of benzene rings is 1. The highest BCUT2D eigenvalue weighted by molar-refractivity contribution is 7.89. The maximum absolute atomic E-state index is 12.4. The maximum atomic E-state index is 12.4. The Bertz CT molecular complexity index is 667. The first-order valence-electron chi connectivity index (χ1n) is 6.22. The molecule has 0 saturated heterocycles. The molecule has 0 aliphatic heterocycles. The van der Waals surface area contributed by atoms with Crippen molar-refractivity contribution in [1.29, 1.82) is 0 Å². The molecule has 108 valence electrons. The molecule has 0 spiro atoms. The molecule has 1 aromatic carbocycles. The average Bonchev–Trinajstić information content (AvgIpc) is 2.98. The summed E-state index contributed by atoms with van der Waals surface area (Å²) in [6.07, 6.45) is 1.96. The van der Waals surface area contributed by atoms with Crippen LogP contribution < -0.4 is 10.5 Å². The average molecular weight is 295 g/mol. The zero-order chi connectivity index (χ0) is 14.6. The summed E-state index contributed by atoms with van der Waals surface area (Å²) in [5.74, 6) is 0.460. The molecular weight excluding hydrogens is 278 g/mol. The second kappa shape index (κ2) is 6.12. The SMILES string of the molecule is CCc1ccc(CN)cc1S(=O)(=O)NCc1ncn[nH]1. The van der Waals surface area contributed by atoms with E-state index in [1.54, 1.807) is 12.1 Å². The van der Waals surface area contributed by atoms with Gasteiger partial charge in [0.25, 0.3) is 0 Å². The Morgan fingerprint density at radius 2 is 2.20 bits per heavy atom. The van der Waals surface area contributed by atoms with Gasteiger partial charge < -0.3 is 5.73 Å². The maximum Gasteiger partial charge on any atom is 0.241 e. The minimum Gasteiger partial charge on any atom is -0.326 e. The Kier molecular flexibility index (Phi) is 4.48. The molecule has 0 radical (unpaired) electrons. The van der Waals surface area contributed by atoms with E-state index in [0.29, 0.717) is 18.8 Å². The monoisotopic (exact) mass is 295 g/mol. The van der Waals surface area contributed by atoms with Gasteiger partial charge in [-0.25, -0.2) is 18.1 Å². The second-order valence-corrected chi connectivity index (χ2v) is 5.99. The summed E-state index contributed by atoms with van der Waals surface area (Å²) >= 11 is 0. The summed E-state index contributed by atoms with van der Waals surface area (Å²) in [6.45, 7) is 2.28. The van der Waals surface area contributed by atoms with E-state index >= 15 is 0 Å². The minimum atomic E-state index is -3.61. The largest absolute Gasteiger partial charge is 0.326 e. The van der Waals surface area contributed by atoms with Crippen LogP contribution in [0.25, 0.3) is 0 Å². The number of aromatic amines is 1. The standard InChI is InChI=1S/C12H17N5O2S/c1-2-10-4-3-9(6-13)5-11(10)20(18,19)16-7-12-14-8-15-17-12/h3-5,8,16H,2,6-7,13H2,1H3,(H,14,15,17). The third-order valence-electron chi connectivity index (χ3n) is 2.93. The van der Waals surface area contributed by atoms with Crippen molar-refractivity contribution in [2.45, 2.75) is 31.3 Å². The van der Waals surface area contributed by atoms with E-state index in [9.17, 15) is 8.42 Å². The van der Waals surface area contributed by atoms with Crippen LogP contribution in [0.5, 0.6) is 0 Å². The number of nitrogens with one attached hydrogen (secondary N) is 2. The zero-order valence-corrected chi connectivity index (χ0v) is 11.9. The first-order chi connectivity index (χ1) is 9.56. The van der Waals surface area contributed by atoms with Gasteiger partial charge in [-0.3, -0.25) is 5.10 Å². The van der Waals surface area contributed by atoms with Crippen LogP contribution in [0.4, 0.5) is 0 Å². The number of hydrogen-bond donors (Lipinski definition) is 3. The highest BCUT2D eigenvalue weighted by Gasteiger charge is 2.18. The quantitative estimate of drug-likeness (QED) is 0.709. The van der Waals surface area contributed by atoms with E-state index in [1.807, 2.05) is 13.0 Å². The van der Waals surface area contributed by atoms with Crippen LogP contribution in [-0.2, 0) is 29.5 Å². The van der Waals surface area contributed by atoms with Crippen LogP contribution >= 0.6 is 0 Å². The first kappa shape index (κ1) is 14.6. The molecule has 1 aromatic heterocycles. The molecule has 0 aliphatic rings. The van der Waals surface area contributed by atoms with Crippen LogP contribution in [0.2, 0.25) is 0 Å². The van der Waals surface area contributed by atoms with Gasteiger partial charge in [0.15, 0.2) is 0 Å². The van der Waals surface area contributed by atoms with E-state index < -0.39 is 10.0 Å². The van der Waals surface area contributed by atoms with Crippen LogP contribution in [-0.4, -0.2) is 23.6 Å². The summed E-state index contributed by atoms with van der Waals surface area (Å²) in [7, 11) is -3.61. The van der Waals surface area contributed by atoms with Crippen LogP contribution in [0.1, 0.15) is 23.9 Å². The number of aryl methyl sites for hydroxylation is 1. The van der Waals surface area contributed by atoms with Gasteiger partial charge in [-0.05, 0) is 23.6 Å². The number of rotatable bonds is 6. The van der Waals surface area contributed by atoms with Crippen molar-refractivity contribution in [3.63, 3.8) is 0 Å². The number of nitrogens with zero attached hydrogens (tertiary/aromatic N) is 2. The zero-order valence-electron chi connectivity index (χ0n) is 11.1. The molecule has 1 heterocycles. The Balaban J connectivity index is 2.28. The van der Waals surface area contributed by atoms with E-state index in [-0.39, 0.29) is 11.4 Å². The predicted molar refractivity (Wildman–Crippen MR) is 74.1 cm³/mol. The molecule has 0 bridgehead atoms. The fourth-order valence-corrected chi connectivity index (χ4v) is 3.17. The molecule has 2 rings (SSSR count). The van der Waals surface area contributed by atoms with Crippen LogP contribution in [0.15, 0.2) is 29.4 Å². The smallest absolute Gasteiger partial charge is 0.241 e. The van der Waals surface area contributed by atoms with Crippen molar-refractivity contribution in [2.24, 2.45) is 5.73 Å². The van der Waals surface area contributed by atoms with Gasteiger partial charge in [0, 0.05) is 6.54 Å². The summed E-state index contributed by atoms with van der Waals surface area (Å²) in [4.78, 5) is 4.14.